The molecule has 0 aliphatic carbocycles. The van der Waals surface area contributed by atoms with Crippen molar-refractivity contribution in [2.45, 2.75) is 20.8 Å². The predicted molar refractivity (Wildman–Crippen MR) is 38.5 cm³/mol. The van der Waals surface area contributed by atoms with Crippen molar-refractivity contribution >= 4 is 11.3 Å². The zero-order valence-electron chi connectivity index (χ0n) is 5.79. The van der Waals surface area contributed by atoms with E-state index >= 15 is 0 Å². The van der Waals surface area contributed by atoms with Crippen LogP contribution in [0.2, 0.25) is 0 Å². The summed E-state index contributed by atoms with van der Waals surface area (Å²) < 4.78 is 12.8. The topological polar surface area (TPSA) is 0 Å². The molecule has 1 aromatic rings. The first-order valence-corrected chi connectivity index (χ1v) is 3.66. The summed E-state index contributed by atoms with van der Waals surface area (Å²) in [6, 6.07) is 0. The van der Waals surface area contributed by atoms with Crippen LogP contribution in [0.5, 0.6) is 0 Å². The molecule has 0 fully saturated rings. The van der Waals surface area contributed by atoms with E-state index in [0.717, 1.165) is 15.3 Å². The van der Waals surface area contributed by atoms with Gasteiger partial charge in [0.1, 0.15) is 5.82 Å². The minimum atomic E-state index is -0.0301. The van der Waals surface area contributed by atoms with Gasteiger partial charge in [-0.05, 0) is 26.3 Å². The molecule has 0 unspecified atom stereocenters. The van der Waals surface area contributed by atoms with Crippen LogP contribution in [0.3, 0.4) is 0 Å². The SMILES string of the molecule is Cc1sc(C)c(F)c1C. The van der Waals surface area contributed by atoms with Crippen LogP contribution in [0.15, 0.2) is 0 Å². The number of hydrogen-bond acceptors (Lipinski definition) is 1. The second-order valence-corrected chi connectivity index (χ2v) is 3.58. The second kappa shape index (κ2) is 2.10. The monoisotopic (exact) mass is 144 g/mol. The zero-order chi connectivity index (χ0) is 7.02. The standard InChI is InChI=1S/C7H9FS/c1-4-5(2)9-6(3)7(4)8/h1-3H3. The molecule has 0 aromatic carbocycles. The number of halogens is 1. The van der Waals surface area contributed by atoms with Crippen LogP contribution >= 0.6 is 11.3 Å². The maximum absolute atomic E-state index is 12.8. The van der Waals surface area contributed by atoms with Gasteiger partial charge in [-0.3, -0.25) is 0 Å². The number of rotatable bonds is 0. The molecule has 0 saturated heterocycles. The van der Waals surface area contributed by atoms with Gasteiger partial charge in [0.05, 0.1) is 0 Å². The van der Waals surface area contributed by atoms with Gasteiger partial charge in [-0.2, -0.15) is 0 Å². The molecule has 0 aliphatic heterocycles. The van der Waals surface area contributed by atoms with Crippen molar-refractivity contribution in [3.63, 3.8) is 0 Å². The molecular weight excluding hydrogens is 135 g/mol. The number of thiophene rings is 1. The third-order valence-corrected chi connectivity index (χ3v) is 2.57. The van der Waals surface area contributed by atoms with Gasteiger partial charge in [0.25, 0.3) is 0 Å². The summed E-state index contributed by atoms with van der Waals surface area (Å²) >= 11 is 1.52. The molecule has 0 saturated carbocycles. The molecule has 0 N–H and O–H groups in total. The average Bonchev–Trinajstić information content (AvgIpc) is 1.98. The Morgan fingerprint density at radius 2 is 1.67 bits per heavy atom. The van der Waals surface area contributed by atoms with Crippen molar-refractivity contribution in [2.75, 3.05) is 0 Å². The van der Waals surface area contributed by atoms with Gasteiger partial charge in [-0.25, -0.2) is 4.39 Å². The van der Waals surface area contributed by atoms with Gasteiger partial charge in [0, 0.05) is 9.75 Å². The Bertz CT molecular complexity index is 203. The van der Waals surface area contributed by atoms with Crippen LogP contribution in [0.1, 0.15) is 15.3 Å². The van der Waals surface area contributed by atoms with Crippen molar-refractivity contribution in [3.05, 3.63) is 21.1 Å². The maximum Gasteiger partial charge on any atom is 0.139 e. The molecule has 0 radical (unpaired) electrons. The van der Waals surface area contributed by atoms with Crippen molar-refractivity contribution in [3.8, 4) is 0 Å². The Labute approximate surface area is 58.3 Å². The molecule has 9 heavy (non-hydrogen) atoms. The second-order valence-electron chi connectivity index (χ2n) is 2.15. The summed E-state index contributed by atoms with van der Waals surface area (Å²) in [5, 5.41) is 0. The van der Waals surface area contributed by atoms with Crippen molar-refractivity contribution in [1.82, 2.24) is 0 Å². The molecule has 50 valence electrons. The molecule has 0 amide bonds. The first kappa shape index (κ1) is 6.75. The van der Waals surface area contributed by atoms with Gasteiger partial charge in [0.15, 0.2) is 0 Å². The fourth-order valence-corrected chi connectivity index (χ4v) is 1.71. The van der Waals surface area contributed by atoms with E-state index in [4.69, 9.17) is 0 Å². The van der Waals surface area contributed by atoms with Crippen LogP contribution in [0.4, 0.5) is 4.39 Å². The lowest BCUT2D eigenvalue weighted by Gasteiger charge is -1.84. The van der Waals surface area contributed by atoms with Gasteiger partial charge in [-0.15, -0.1) is 11.3 Å². The Balaban J connectivity index is 3.29. The van der Waals surface area contributed by atoms with E-state index in [9.17, 15) is 4.39 Å². The predicted octanol–water partition coefficient (Wildman–Crippen LogP) is 2.81. The first-order valence-electron chi connectivity index (χ1n) is 2.85. The van der Waals surface area contributed by atoms with E-state index in [1.54, 1.807) is 6.92 Å². The molecule has 0 bridgehead atoms. The third-order valence-electron chi connectivity index (χ3n) is 1.47. The molecule has 0 aliphatic rings. The van der Waals surface area contributed by atoms with Crippen LogP contribution in [0, 0.1) is 26.6 Å². The lowest BCUT2D eigenvalue weighted by atomic mass is 10.3. The van der Waals surface area contributed by atoms with E-state index in [0.29, 0.717) is 0 Å². The van der Waals surface area contributed by atoms with E-state index in [1.807, 2.05) is 13.8 Å². The Morgan fingerprint density at radius 3 is 1.78 bits per heavy atom. The summed E-state index contributed by atoms with van der Waals surface area (Å²) in [5.74, 6) is -0.0301. The Hall–Kier alpha value is -0.370. The Morgan fingerprint density at radius 1 is 1.11 bits per heavy atom. The van der Waals surface area contributed by atoms with Crippen molar-refractivity contribution < 1.29 is 4.39 Å². The van der Waals surface area contributed by atoms with Crippen molar-refractivity contribution in [2.24, 2.45) is 0 Å². The third kappa shape index (κ3) is 0.990. The highest BCUT2D eigenvalue weighted by molar-refractivity contribution is 7.12. The molecule has 2 heteroatoms. The molecule has 0 atom stereocenters. The summed E-state index contributed by atoms with van der Waals surface area (Å²) in [6.45, 7) is 5.56. The summed E-state index contributed by atoms with van der Waals surface area (Å²) in [4.78, 5) is 1.88. The van der Waals surface area contributed by atoms with Crippen LogP contribution in [-0.4, -0.2) is 0 Å². The van der Waals surface area contributed by atoms with Gasteiger partial charge >= 0.3 is 0 Å². The minimum absolute atomic E-state index is 0.0301. The maximum atomic E-state index is 12.8. The molecular formula is C7H9FS. The first-order chi connectivity index (χ1) is 4.13. The highest BCUT2D eigenvalue weighted by atomic mass is 32.1. The Kier molecular flexibility index (Phi) is 1.58. The highest BCUT2D eigenvalue weighted by Gasteiger charge is 2.06. The fraction of sp³-hybridized carbons (Fsp3) is 0.429. The highest BCUT2D eigenvalue weighted by Crippen LogP contribution is 2.23. The minimum Gasteiger partial charge on any atom is -0.205 e. The van der Waals surface area contributed by atoms with Crippen LogP contribution in [-0.2, 0) is 0 Å². The number of aryl methyl sites for hydroxylation is 2. The van der Waals surface area contributed by atoms with E-state index in [2.05, 4.69) is 0 Å². The molecule has 0 spiro atoms. The quantitative estimate of drug-likeness (QED) is 0.525. The lowest BCUT2D eigenvalue weighted by Crippen LogP contribution is -1.75. The molecule has 1 rings (SSSR count). The zero-order valence-corrected chi connectivity index (χ0v) is 6.60. The van der Waals surface area contributed by atoms with E-state index in [1.165, 1.54) is 11.3 Å². The molecule has 0 nitrogen and oxygen atoms in total. The van der Waals surface area contributed by atoms with Crippen LogP contribution < -0.4 is 0 Å². The normalized spacial score (nSPS) is 10.2. The van der Waals surface area contributed by atoms with Gasteiger partial charge in [-0.1, -0.05) is 0 Å². The van der Waals surface area contributed by atoms with Gasteiger partial charge in [0.2, 0.25) is 0 Å². The van der Waals surface area contributed by atoms with E-state index in [-0.39, 0.29) is 5.82 Å². The largest absolute Gasteiger partial charge is 0.205 e. The molecule has 1 heterocycles. The lowest BCUT2D eigenvalue weighted by molar-refractivity contribution is 0.616. The smallest absolute Gasteiger partial charge is 0.139 e. The van der Waals surface area contributed by atoms with E-state index < -0.39 is 0 Å². The average molecular weight is 144 g/mol. The summed E-state index contributed by atoms with van der Waals surface area (Å²) in [6.07, 6.45) is 0. The summed E-state index contributed by atoms with van der Waals surface area (Å²) in [7, 11) is 0. The summed E-state index contributed by atoms with van der Waals surface area (Å²) in [5.41, 5.74) is 0.803. The van der Waals surface area contributed by atoms with Crippen molar-refractivity contribution in [1.29, 1.82) is 0 Å². The number of hydrogen-bond donors (Lipinski definition) is 0. The van der Waals surface area contributed by atoms with Gasteiger partial charge < -0.3 is 0 Å². The fourth-order valence-electron chi connectivity index (χ4n) is 0.770. The van der Waals surface area contributed by atoms with Crippen LogP contribution in [0.25, 0.3) is 0 Å². The molecule has 1 aromatic heterocycles.